The summed E-state index contributed by atoms with van der Waals surface area (Å²) < 4.78 is 5.60. The zero-order valence-electron chi connectivity index (χ0n) is 13.3. The Labute approximate surface area is 147 Å². The number of likely N-dealkylation sites (tertiary alicyclic amines) is 1. The SMILES string of the molecule is Cc1ccc(CNC2CCN(Cc3ccc(Cl)c(Cl)c3)CC2)o1. The summed E-state index contributed by atoms with van der Waals surface area (Å²) in [5.41, 5.74) is 1.22. The van der Waals surface area contributed by atoms with Gasteiger partial charge in [0, 0.05) is 12.6 Å². The summed E-state index contributed by atoms with van der Waals surface area (Å²) in [7, 11) is 0. The number of hydrogen-bond donors (Lipinski definition) is 1. The van der Waals surface area contributed by atoms with Crippen LogP contribution in [0.1, 0.15) is 29.9 Å². The third-order valence-corrected chi connectivity index (χ3v) is 5.08. The summed E-state index contributed by atoms with van der Waals surface area (Å²) in [4.78, 5) is 2.47. The summed E-state index contributed by atoms with van der Waals surface area (Å²) in [6, 6.07) is 10.5. The molecule has 0 atom stereocenters. The molecule has 0 bridgehead atoms. The van der Waals surface area contributed by atoms with Gasteiger partial charge in [-0.15, -0.1) is 0 Å². The van der Waals surface area contributed by atoms with Crippen molar-refractivity contribution in [3.05, 3.63) is 57.5 Å². The molecular formula is C18H22Cl2N2O. The van der Waals surface area contributed by atoms with Crippen LogP contribution in [0.15, 0.2) is 34.7 Å². The molecule has 0 aliphatic carbocycles. The predicted molar refractivity (Wildman–Crippen MR) is 95.0 cm³/mol. The first kappa shape index (κ1) is 16.8. The average Bonchev–Trinajstić information content (AvgIpc) is 2.96. The second kappa shape index (κ2) is 7.71. The smallest absolute Gasteiger partial charge is 0.117 e. The number of furan rings is 1. The molecule has 1 N–H and O–H groups in total. The van der Waals surface area contributed by atoms with Gasteiger partial charge in [-0.25, -0.2) is 0 Å². The van der Waals surface area contributed by atoms with E-state index in [-0.39, 0.29) is 0 Å². The highest BCUT2D eigenvalue weighted by Crippen LogP contribution is 2.24. The van der Waals surface area contributed by atoms with Crippen molar-refractivity contribution >= 4 is 23.2 Å². The lowest BCUT2D eigenvalue weighted by atomic mass is 10.0. The molecule has 2 aromatic rings. The Balaban J connectivity index is 1.43. The van der Waals surface area contributed by atoms with E-state index in [9.17, 15) is 0 Å². The summed E-state index contributed by atoms with van der Waals surface area (Å²) in [5, 5.41) is 4.84. The summed E-state index contributed by atoms with van der Waals surface area (Å²) in [5.74, 6) is 1.99. The van der Waals surface area contributed by atoms with Gasteiger partial charge in [-0.1, -0.05) is 29.3 Å². The summed E-state index contributed by atoms with van der Waals surface area (Å²) >= 11 is 12.1. The summed E-state index contributed by atoms with van der Waals surface area (Å²) in [6.07, 6.45) is 2.31. The highest BCUT2D eigenvalue weighted by Gasteiger charge is 2.19. The molecule has 0 unspecified atom stereocenters. The molecule has 2 heterocycles. The fraction of sp³-hybridized carbons (Fsp3) is 0.444. The van der Waals surface area contributed by atoms with Crippen LogP contribution in [0.4, 0.5) is 0 Å². The van der Waals surface area contributed by atoms with Crippen LogP contribution in [0.25, 0.3) is 0 Å². The van der Waals surface area contributed by atoms with Crippen LogP contribution in [0.5, 0.6) is 0 Å². The molecule has 1 aliphatic rings. The Kier molecular flexibility index (Phi) is 5.65. The highest BCUT2D eigenvalue weighted by atomic mass is 35.5. The standard InChI is InChI=1S/C18H22Cl2N2O/c1-13-2-4-16(23-13)11-21-15-6-8-22(9-7-15)12-14-3-5-17(19)18(20)10-14/h2-5,10,15,21H,6-9,11-12H2,1H3. The normalized spacial score (nSPS) is 16.8. The molecule has 124 valence electrons. The molecule has 1 aliphatic heterocycles. The van der Waals surface area contributed by atoms with Gasteiger partial charge in [0.05, 0.1) is 16.6 Å². The van der Waals surface area contributed by atoms with Crippen molar-refractivity contribution in [3.8, 4) is 0 Å². The Morgan fingerprint density at radius 1 is 1.13 bits per heavy atom. The van der Waals surface area contributed by atoms with Gasteiger partial charge in [-0.05, 0) is 62.7 Å². The Morgan fingerprint density at radius 3 is 2.57 bits per heavy atom. The monoisotopic (exact) mass is 352 g/mol. The highest BCUT2D eigenvalue weighted by molar-refractivity contribution is 6.42. The lowest BCUT2D eigenvalue weighted by molar-refractivity contribution is 0.188. The number of piperidine rings is 1. The first-order chi connectivity index (χ1) is 11.1. The number of benzene rings is 1. The van der Waals surface area contributed by atoms with Crippen molar-refractivity contribution in [3.63, 3.8) is 0 Å². The third-order valence-electron chi connectivity index (χ3n) is 4.34. The number of hydrogen-bond acceptors (Lipinski definition) is 3. The van der Waals surface area contributed by atoms with E-state index in [0.29, 0.717) is 16.1 Å². The Morgan fingerprint density at radius 2 is 1.91 bits per heavy atom. The fourth-order valence-electron chi connectivity index (χ4n) is 3.02. The number of aryl methyl sites for hydroxylation is 1. The topological polar surface area (TPSA) is 28.4 Å². The van der Waals surface area contributed by atoms with Crippen LogP contribution in [-0.4, -0.2) is 24.0 Å². The number of rotatable bonds is 5. The minimum absolute atomic E-state index is 0.561. The van der Waals surface area contributed by atoms with E-state index in [1.807, 2.05) is 31.2 Å². The van der Waals surface area contributed by atoms with E-state index in [1.165, 1.54) is 5.56 Å². The van der Waals surface area contributed by atoms with Crippen LogP contribution >= 0.6 is 23.2 Å². The van der Waals surface area contributed by atoms with Crippen LogP contribution in [0.3, 0.4) is 0 Å². The second-order valence-electron chi connectivity index (χ2n) is 6.19. The van der Waals surface area contributed by atoms with Crippen molar-refractivity contribution in [2.45, 2.75) is 38.9 Å². The predicted octanol–water partition coefficient (Wildman–Crippen LogP) is 4.65. The molecule has 0 amide bonds. The van der Waals surface area contributed by atoms with Gasteiger partial charge in [0.25, 0.3) is 0 Å². The van der Waals surface area contributed by atoms with Crippen LogP contribution in [0.2, 0.25) is 10.0 Å². The molecule has 5 heteroatoms. The van der Waals surface area contributed by atoms with Gasteiger partial charge in [-0.3, -0.25) is 4.90 Å². The van der Waals surface area contributed by atoms with E-state index < -0.39 is 0 Å². The molecule has 1 fully saturated rings. The first-order valence-electron chi connectivity index (χ1n) is 8.05. The molecule has 23 heavy (non-hydrogen) atoms. The maximum Gasteiger partial charge on any atom is 0.117 e. The average molecular weight is 353 g/mol. The van der Waals surface area contributed by atoms with Crippen molar-refractivity contribution in [2.24, 2.45) is 0 Å². The third kappa shape index (κ3) is 4.74. The van der Waals surface area contributed by atoms with E-state index >= 15 is 0 Å². The number of nitrogens with zero attached hydrogens (tertiary/aromatic N) is 1. The molecular weight excluding hydrogens is 331 g/mol. The van der Waals surface area contributed by atoms with E-state index in [4.69, 9.17) is 27.6 Å². The van der Waals surface area contributed by atoms with Crippen molar-refractivity contribution < 1.29 is 4.42 Å². The van der Waals surface area contributed by atoms with Crippen molar-refractivity contribution in [2.75, 3.05) is 13.1 Å². The van der Waals surface area contributed by atoms with Gasteiger partial charge in [0.2, 0.25) is 0 Å². The molecule has 1 saturated heterocycles. The minimum Gasteiger partial charge on any atom is -0.465 e. The van der Waals surface area contributed by atoms with Crippen LogP contribution in [0, 0.1) is 6.92 Å². The van der Waals surface area contributed by atoms with E-state index in [1.54, 1.807) is 0 Å². The lowest BCUT2D eigenvalue weighted by Crippen LogP contribution is -2.41. The molecule has 3 nitrogen and oxygen atoms in total. The molecule has 3 rings (SSSR count). The van der Waals surface area contributed by atoms with Crippen LogP contribution < -0.4 is 5.32 Å². The molecule has 0 radical (unpaired) electrons. The molecule has 0 saturated carbocycles. The Bertz CT molecular complexity index is 648. The second-order valence-corrected chi connectivity index (χ2v) is 7.01. The van der Waals surface area contributed by atoms with Crippen molar-refractivity contribution in [1.82, 2.24) is 10.2 Å². The van der Waals surface area contributed by atoms with E-state index in [2.05, 4.69) is 16.3 Å². The molecule has 0 spiro atoms. The van der Waals surface area contributed by atoms with Gasteiger partial charge in [-0.2, -0.15) is 0 Å². The zero-order chi connectivity index (χ0) is 16.2. The Hall–Kier alpha value is -1.00. The summed E-state index contributed by atoms with van der Waals surface area (Å²) in [6.45, 7) is 5.90. The van der Waals surface area contributed by atoms with Gasteiger partial charge < -0.3 is 9.73 Å². The number of halogens is 2. The van der Waals surface area contributed by atoms with Gasteiger partial charge in [0.1, 0.15) is 11.5 Å². The fourth-order valence-corrected chi connectivity index (χ4v) is 3.34. The lowest BCUT2D eigenvalue weighted by Gasteiger charge is -2.32. The largest absolute Gasteiger partial charge is 0.465 e. The quantitative estimate of drug-likeness (QED) is 0.848. The van der Waals surface area contributed by atoms with E-state index in [0.717, 1.165) is 50.5 Å². The minimum atomic E-state index is 0.561. The zero-order valence-corrected chi connectivity index (χ0v) is 14.8. The van der Waals surface area contributed by atoms with Crippen molar-refractivity contribution in [1.29, 1.82) is 0 Å². The van der Waals surface area contributed by atoms with Gasteiger partial charge in [0.15, 0.2) is 0 Å². The molecule has 1 aromatic carbocycles. The number of nitrogens with one attached hydrogen (secondary N) is 1. The maximum atomic E-state index is 6.09. The first-order valence-corrected chi connectivity index (χ1v) is 8.81. The van der Waals surface area contributed by atoms with Crippen LogP contribution in [-0.2, 0) is 13.1 Å². The van der Waals surface area contributed by atoms with Gasteiger partial charge >= 0.3 is 0 Å². The maximum absolute atomic E-state index is 6.09. The molecule has 1 aromatic heterocycles.